The number of nitrogens with two attached hydrogens (primary N) is 1. The summed E-state index contributed by atoms with van der Waals surface area (Å²) in [6.07, 6.45) is 2.03. The van der Waals surface area contributed by atoms with Gasteiger partial charge in [-0.25, -0.2) is 9.78 Å². The van der Waals surface area contributed by atoms with Gasteiger partial charge >= 0.3 is 6.09 Å². The van der Waals surface area contributed by atoms with E-state index < -0.39 is 17.3 Å². The van der Waals surface area contributed by atoms with Crippen molar-refractivity contribution in [3.63, 3.8) is 0 Å². The number of pyridine rings is 1. The van der Waals surface area contributed by atoms with E-state index in [1.807, 2.05) is 46.8 Å². The molecule has 0 aliphatic carbocycles. The van der Waals surface area contributed by atoms with E-state index >= 15 is 0 Å². The van der Waals surface area contributed by atoms with Gasteiger partial charge in [0.15, 0.2) is 0 Å². The third-order valence-corrected chi connectivity index (χ3v) is 9.45. The van der Waals surface area contributed by atoms with E-state index in [9.17, 15) is 9.59 Å². The minimum Gasteiger partial charge on any atom is -0.491 e. The van der Waals surface area contributed by atoms with Gasteiger partial charge in [0, 0.05) is 47.4 Å². The van der Waals surface area contributed by atoms with Gasteiger partial charge in [-0.3, -0.25) is 4.79 Å². The summed E-state index contributed by atoms with van der Waals surface area (Å²) in [6.45, 7) is 14.3. The number of nitrogens with one attached hydrogen (secondary N) is 2. The Morgan fingerprint density at radius 1 is 1.26 bits per heavy atom. The van der Waals surface area contributed by atoms with Gasteiger partial charge in [0.2, 0.25) is 6.41 Å². The van der Waals surface area contributed by atoms with E-state index in [2.05, 4.69) is 45.6 Å². The van der Waals surface area contributed by atoms with Crippen LogP contribution in [-0.4, -0.2) is 67.1 Å². The molecule has 5 heterocycles. The van der Waals surface area contributed by atoms with Crippen LogP contribution in [0.1, 0.15) is 50.3 Å². The zero-order valence-electron chi connectivity index (χ0n) is 25.9. The summed E-state index contributed by atoms with van der Waals surface area (Å²) in [5.74, 6) is 1.17. The number of alkyl carbamates (subject to hydrolysis) is 1. The maximum atomic E-state index is 12.5. The molecule has 0 bridgehead atoms. The fourth-order valence-electron chi connectivity index (χ4n) is 6.09. The number of aryl methyl sites for hydroxylation is 2. The Bertz CT molecular complexity index is 1490. The molecule has 4 N–H and O–H groups in total. The molecular weight excluding hydrogens is 566 g/mol. The van der Waals surface area contributed by atoms with E-state index in [1.165, 1.54) is 0 Å². The molecule has 11 heteroatoms. The largest absolute Gasteiger partial charge is 0.491 e. The Morgan fingerprint density at radius 3 is 2.74 bits per heavy atom. The topological polar surface area (TPSA) is 128 Å². The molecule has 0 radical (unpaired) electrons. The lowest BCUT2D eigenvalue weighted by atomic mass is 9.85. The van der Waals surface area contributed by atoms with Crippen LogP contribution in [0.4, 0.5) is 16.2 Å². The van der Waals surface area contributed by atoms with Gasteiger partial charge in [-0.05, 0) is 77.1 Å². The van der Waals surface area contributed by atoms with Gasteiger partial charge in [0.25, 0.3) is 0 Å². The lowest BCUT2D eigenvalue weighted by Crippen LogP contribution is -2.55. The molecule has 2 aromatic heterocycles. The van der Waals surface area contributed by atoms with Gasteiger partial charge in [-0.1, -0.05) is 13.0 Å². The summed E-state index contributed by atoms with van der Waals surface area (Å²) in [7, 11) is 0. The van der Waals surface area contributed by atoms with Crippen molar-refractivity contribution in [2.24, 2.45) is 5.92 Å². The zero-order valence-corrected chi connectivity index (χ0v) is 26.7. The van der Waals surface area contributed by atoms with Crippen molar-refractivity contribution in [2.75, 3.05) is 36.9 Å². The highest BCUT2D eigenvalue weighted by molar-refractivity contribution is 7.19. The molecule has 2 fully saturated rings. The minimum atomic E-state index is -0.552. The Hall–Kier alpha value is -3.57. The number of amides is 2. The number of rotatable bonds is 4. The lowest BCUT2D eigenvalue weighted by Gasteiger charge is -2.34. The highest BCUT2D eigenvalue weighted by Crippen LogP contribution is 2.42. The molecule has 10 nitrogen and oxygen atoms in total. The van der Waals surface area contributed by atoms with Crippen LogP contribution in [0.2, 0.25) is 0 Å². The average Bonchev–Trinajstić information content (AvgIpc) is 3.58. The number of hydrogen-bond donors (Lipinski definition) is 3. The molecule has 4 atom stereocenters. The molecule has 3 aliphatic heterocycles. The maximum Gasteiger partial charge on any atom is 0.408 e. The summed E-state index contributed by atoms with van der Waals surface area (Å²) in [4.78, 5) is 32.1. The van der Waals surface area contributed by atoms with Crippen LogP contribution in [0.25, 0.3) is 10.2 Å². The summed E-state index contributed by atoms with van der Waals surface area (Å²) in [5.41, 5.74) is 8.91. The zero-order chi connectivity index (χ0) is 30.9. The maximum absolute atomic E-state index is 12.5. The van der Waals surface area contributed by atoms with Gasteiger partial charge < -0.3 is 35.5 Å². The highest BCUT2D eigenvalue weighted by Gasteiger charge is 2.55. The number of benzene rings is 1. The first-order chi connectivity index (χ1) is 20.4. The Kier molecular flexibility index (Phi) is 8.76. The number of nitrogens with zero attached hydrogens (tertiary/aromatic N) is 2. The van der Waals surface area contributed by atoms with Crippen LogP contribution in [-0.2, 0) is 20.7 Å². The monoisotopic (exact) mass is 609 g/mol. The van der Waals surface area contributed by atoms with Crippen LogP contribution in [0.15, 0.2) is 30.3 Å². The number of anilines is 2. The summed E-state index contributed by atoms with van der Waals surface area (Å²) in [6, 6.07) is 10.0. The Morgan fingerprint density at radius 2 is 2.05 bits per heavy atom. The molecule has 43 heavy (non-hydrogen) atoms. The molecular formula is C32H43N5O5S. The van der Waals surface area contributed by atoms with E-state index in [1.54, 1.807) is 11.3 Å². The SMILES string of the molecule is CC1CCOC12CN(c1ccc3c(c1)OCC(NC=O)C3)CC2NC(=O)OC(C)(C)C.Cc1ccc2c(N)c(C)sc2n1. The smallest absolute Gasteiger partial charge is 0.408 e. The quantitative estimate of drug-likeness (QED) is 0.362. The molecule has 4 unspecified atom stereocenters. The number of nitrogen functional groups attached to an aromatic ring is 1. The standard InChI is InChI=1S/C23H33N3O5.C9H10N2S/c1-15-7-8-30-23(15)13-26(11-20(23)25-21(28)31-22(2,3)4)18-6-5-16-9-17(24-14-27)12-29-19(16)10-18;1-5-3-4-7-8(10)6(2)12-9(7)11-5/h5-6,10,14-15,17,20H,7-9,11-13H2,1-4H3,(H,24,27)(H,25,28);3-4H,10H2,1-2H3. The molecule has 6 rings (SSSR count). The Labute approximate surface area is 257 Å². The first-order valence-corrected chi connectivity index (χ1v) is 15.7. The van der Waals surface area contributed by atoms with Gasteiger partial charge in [-0.15, -0.1) is 11.3 Å². The van der Waals surface area contributed by atoms with Gasteiger partial charge in [0.05, 0.1) is 17.8 Å². The predicted octanol–water partition coefficient (Wildman–Crippen LogP) is 4.74. The first kappa shape index (κ1) is 30.9. The van der Waals surface area contributed by atoms with Crippen LogP contribution < -0.4 is 26.0 Å². The molecule has 2 amide bonds. The number of aromatic nitrogens is 1. The summed E-state index contributed by atoms with van der Waals surface area (Å²) < 4.78 is 17.7. The lowest BCUT2D eigenvalue weighted by molar-refractivity contribution is -0.110. The molecule has 1 spiro atoms. The minimum absolute atomic E-state index is 0.000976. The molecule has 3 aliphatic rings. The van der Waals surface area contributed by atoms with Crippen molar-refractivity contribution >= 4 is 45.4 Å². The number of hydrogen-bond acceptors (Lipinski definition) is 9. The van der Waals surface area contributed by atoms with E-state index in [4.69, 9.17) is 19.9 Å². The molecule has 0 saturated carbocycles. The summed E-state index contributed by atoms with van der Waals surface area (Å²) in [5, 5.41) is 6.95. The van der Waals surface area contributed by atoms with Crippen molar-refractivity contribution in [3.8, 4) is 5.75 Å². The molecule has 2 saturated heterocycles. The van der Waals surface area contributed by atoms with Gasteiger partial charge in [-0.2, -0.15) is 0 Å². The van der Waals surface area contributed by atoms with E-state index in [0.717, 1.165) is 62.7 Å². The van der Waals surface area contributed by atoms with Crippen LogP contribution in [0.5, 0.6) is 5.75 Å². The second kappa shape index (κ2) is 12.2. The number of thiophene rings is 1. The van der Waals surface area contributed by atoms with Crippen molar-refractivity contribution in [3.05, 3.63) is 46.5 Å². The number of carbonyl (C=O) groups is 2. The number of ether oxygens (including phenoxy) is 3. The van der Waals surface area contributed by atoms with Crippen LogP contribution in [0, 0.1) is 19.8 Å². The normalized spacial score (nSPS) is 24.6. The van der Waals surface area contributed by atoms with Crippen LogP contribution in [0.3, 0.4) is 0 Å². The van der Waals surface area contributed by atoms with Crippen molar-refractivity contribution in [1.82, 2.24) is 15.6 Å². The fraction of sp³-hybridized carbons (Fsp3) is 0.531. The third-order valence-electron chi connectivity index (χ3n) is 8.42. The average molecular weight is 610 g/mol. The highest BCUT2D eigenvalue weighted by atomic mass is 32.1. The Balaban J connectivity index is 0.000000255. The fourth-order valence-corrected chi connectivity index (χ4v) is 7.07. The van der Waals surface area contributed by atoms with Crippen molar-refractivity contribution in [2.45, 2.75) is 77.7 Å². The van der Waals surface area contributed by atoms with Gasteiger partial charge in [0.1, 0.15) is 28.4 Å². The third kappa shape index (κ3) is 6.67. The molecule has 232 valence electrons. The predicted molar refractivity (Wildman–Crippen MR) is 170 cm³/mol. The van der Waals surface area contributed by atoms with Crippen LogP contribution >= 0.6 is 11.3 Å². The number of fused-ring (bicyclic) bond motifs is 2. The molecule has 3 aromatic rings. The van der Waals surface area contributed by atoms with Crippen molar-refractivity contribution in [1.29, 1.82) is 0 Å². The van der Waals surface area contributed by atoms with Crippen molar-refractivity contribution < 1.29 is 23.8 Å². The van der Waals surface area contributed by atoms with E-state index in [-0.39, 0.29) is 12.1 Å². The second-order valence-electron chi connectivity index (χ2n) is 12.7. The summed E-state index contributed by atoms with van der Waals surface area (Å²) >= 11 is 1.66. The number of carbonyl (C=O) groups excluding carboxylic acids is 2. The second-order valence-corrected chi connectivity index (χ2v) is 13.9. The first-order valence-electron chi connectivity index (χ1n) is 14.8. The van der Waals surface area contributed by atoms with E-state index in [0.29, 0.717) is 32.2 Å². The molecule has 1 aromatic carbocycles.